The van der Waals surface area contributed by atoms with Gasteiger partial charge < -0.3 is 9.80 Å². The maximum Gasteiger partial charge on any atom is 0.397 e. The predicted octanol–water partition coefficient (Wildman–Crippen LogP) is 3.41. The number of hydrogen-bond donors (Lipinski definition) is 0. The van der Waals surface area contributed by atoms with Crippen LogP contribution in [0.15, 0.2) is 30.3 Å². The van der Waals surface area contributed by atoms with Gasteiger partial charge in [-0.1, -0.05) is 30.3 Å². The van der Waals surface area contributed by atoms with Gasteiger partial charge in [0.15, 0.2) is 0 Å². The van der Waals surface area contributed by atoms with Crippen molar-refractivity contribution in [1.82, 2.24) is 9.80 Å². The van der Waals surface area contributed by atoms with Crippen LogP contribution in [0, 0.1) is 5.41 Å². The molecular formula is C20H25F3N2O2. The van der Waals surface area contributed by atoms with Crippen molar-refractivity contribution < 1.29 is 22.8 Å². The van der Waals surface area contributed by atoms with E-state index in [-0.39, 0.29) is 11.3 Å². The molecule has 0 radical (unpaired) electrons. The fourth-order valence-corrected chi connectivity index (χ4v) is 4.15. The Morgan fingerprint density at radius 1 is 1.11 bits per heavy atom. The Kier molecular flexibility index (Phi) is 5.77. The maximum atomic E-state index is 12.4. The zero-order valence-corrected chi connectivity index (χ0v) is 15.3. The van der Waals surface area contributed by atoms with E-state index in [1.165, 1.54) is 10.5 Å². The van der Waals surface area contributed by atoms with Crippen LogP contribution in [-0.4, -0.2) is 54.0 Å². The molecule has 0 bridgehead atoms. The highest BCUT2D eigenvalue weighted by Crippen LogP contribution is 2.41. The number of rotatable bonds is 5. The summed E-state index contributed by atoms with van der Waals surface area (Å²) in [6, 6.07) is 10.1. The van der Waals surface area contributed by atoms with Crippen LogP contribution in [0.4, 0.5) is 13.2 Å². The zero-order chi connectivity index (χ0) is 19.5. The van der Waals surface area contributed by atoms with Crippen LogP contribution in [-0.2, 0) is 16.0 Å². The Labute approximate surface area is 157 Å². The molecule has 2 fully saturated rings. The normalized spacial score (nSPS) is 19.7. The number of benzene rings is 1. The van der Waals surface area contributed by atoms with Crippen molar-refractivity contribution in [3.8, 4) is 0 Å². The lowest BCUT2D eigenvalue weighted by Crippen LogP contribution is -2.45. The van der Waals surface area contributed by atoms with Gasteiger partial charge in [-0.2, -0.15) is 13.2 Å². The lowest BCUT2D eigenvalue weighted by atomic mass is 9.77. The van der Waals surface area contributed by atoms with Gasteiger partial charge in [-0.05, 0) is 31.2 Å². The molecule has 0 unspecified atom stereocenters. The summed E-state index contributed by atoms with van der Waals surface area (Å²) in [6.07, 6.45) is -2.43. The highest BCUT2D eigenvalue weighted by molar-refractivity contribution is 5.80. The molecule has 0 saturated carbocycles. The van der Waals surface area contributed by atoms with Crippen molar-refractivity contribution in [3.05, 3.63) is 35.9 Å². The lowest BCUT2D eigenvalue weighted by Gasteiger charge is -2.39. The van der Waals surface area contributed by atoms with E-state index >= 15 is 0 Å². The monoisotopic (exact) mass is 382 g/mol. The third kappa shape index (κ3) is 5.23. The van der Waals surface area contributed by atoms with Crippen LogP contribution < -0.4 is 0 Å². The number of carbonyl (C=O) groups is 2. The molecule has 0 aliphatic carbocycles. The van der Waals surface area contributed by atoms with Gasteiger partial charge in [-0.3, -0.25) is 9.59 Å². The van der Waals surface area contributed by atoms with E-state index in [9.17, 15) is 22.8 Å². The van der Waals surface area contributed by atoms with Gasteiger partial charge in [-0.15, -0.1) is 0 Å². The molecule has 7 heteroatoms. The number of hydrogen-bond acceptors (Lipinski definition) is 2. The first kappa shape index (κ1) is 19.7. The minimum absolute atomic E-state index is 0.123. The summed E-state index contributed by atoms with van der Waals surface area (Å²) < 4.78 is 37.2. The van der Waals surface area contributed by atoms with Gasteiger partial charge in [0.2, 0.25) is 11.8 Å². The highest BCUT2D eigenvalue weighted by Gasteiger charge is 2.45. The summed E-state index contributed by atoms with van der Waals surface area (Å²) in [6.45, 7) is 1.97. The average molecular weight is 382 g/mol. The number of nitrogens with zero attached hydrogens (tertiary/aromatic N) is 2. The molecule has 2 saturated heterocycles. The summed E-state index contributed by atoms with van der Waals surface area (Å²) in [5.74, 6) is -0.737. The van der Waals surface area contributed by atoms with Crippen molar-refractivity contribution in [3.63, 3.8) is 0 Å². The average Bonchev–Trinajstić information content (AvgIpc) is 2.90. The summed E-state index contributed by atoms with van der Waals surface area (Å²) in [7, 11) is 0. The third-order valence-electron chi connectivity index (χ3n) is 5.67. The van der Waals surface area contributed by atoms with E-state index in [1.54, 1.807) is 0 Å². The maximum absolute atomic E-state index is 12.4. The van der Waals surface area contributed by atoms with Crippen LogP contribution >= 0.6 is 0 Å². The van der Waals surface area contributed by atoms with Crippen LogP contribution in [0.3, 0.4) is 0 Å². The number of likely N-dealkylation sites (tertiary alicyclic amines) is 2. The Balaban J connectivity index is 1.47. The molecule has 27 heavy (non-hydrogen) atoms. The SMILES string of the molecule is O=C(CC(F)(F)F)N1CCC2(CC1)CC(=O)N(CCCc1ccccc1)C2. The quantitative estimate of drug-likeness (QED) is 0.783. The molecule has 0 aromatic heterocycles. The number of carbonyl (C=O) groups excluding carboxylic acids is 2. The van der Waals surface area contributed by atoms with Crippen LogP contribution in [0.25, 0.3) is 0 Å². The molecule has 2 aliphatic rings. The molecule has 0 N–H and O–H groups in total. The van der Waals surface area contributed by atoms with E-state index < -0.39 is 18.5 Å². The Morgan fingerprint density at radius 3 is 2.41 bits per heavy atom. The molecule has 3 rings (SSSR count). The third-order valence-corrected chi connectivity index (χ3v) is 5.67. The Bertz CT molecular complexity index is 668. The van der Waals surface area contributed by atoms with Gasteiger partial charge in [0.25, 0.3) is 0 Å². The van der Waals surface area contributed by atoms with E-state index in [1.807, 2.05) is 23.1 Å². The second-order valence-corrected chi connectivity index (χ2v) is 7.75. The van der Waals surface area contributed by atoms with Crippen molar-refractivity contribution >= 4 is 11.8 Å². The molecule has 2 amide bonds. The summed E-state index contributed by atoms with van der Waals surface area (Å²) in [4.78, 5) is 27.3. The van der Waals surface area contributed by atoms with E-state index in [2.05, 4.69) is 12.1 Å². The second kappa shape index (κ2) is 7.90. The Morgan fingerprint density at radius 2 is 1.78 bits per heavy atom. The van der Waals surface area contributed by atoms with Crippen LogP contribution in [0.2, 0.25) is 0 Å². The molecule has 2 aliphatic heterocycles. The van der Waals surface area contributed by atoms with Crippen molar-refractivity contribution in [2.24, 2.45) is 5.41 Å². The predicted molar refractivity (Wildman–Crippen MR) is 94.9 cm³/mol. The minimum Gasteiger partial charge on any atom is -0.342 e. The van der Waals surface area contributed by atoms with Gasteiger partial charge in [-0.25, -0.2) is 0 Å². The largest absolute Gasteiger partial charge is 0.397 e. The number of halogens is 3. The van der Waals surface area contributed by atoms with Gasteiger partial charge in [0.05, 0.1) is 0 Å². The number of alkyl halides is 3. The first-order valence-electron chi connectivity index (χ1n) is 9.43. The first-order chi connectivity index (χ1) is 12.8. The summed E-state index contributed by atoms with van der Waals surface area (Å²) >= 11 is 0. The highest BCUT2D eigenvalue weighted by atomic mass is 19.4. The van der Waals surface area contributed by atoms with E-state index in [4.69, 9.17) is 0 Å². The van der Waals surface area contributed by atoms with E-state index in [0.717, 1.165) is 12.8 Å². The molecule has 4 nitrogen and oxygen atoms in total. The molecule has 0 atom stereocenters. The van der Waals surface area contributed by atoms with Crippen molar-refractivity contribution in [2.45, 2.75) is 44.7 Å². The van der Waals surface area contributed by atoms with Crippen LogP contribution in [0.1, 0.15) is 37.7 Å². The lowest BCUT2D eigenvalue weighted by molar-refractivity contribution is -0.162. The molecule has 1 aromatic carbocycles. The van der Waals surface area contributed by atoms with Gasteiger partial charge in [0.1, 0.15) is 6.42 Å². The second-order valence-electron chi connectivity index (χ2n) is 7.75. The molecule has 148 valence electrons. The fourth-order valence-electron chi connectivity index (χ4n) is 4.15. The summed E-state index contributed by atoms with van der Waals surface area (Å²) in [5.41, 5.74) is 1.06. The minimum atomic E-state index is -4.47. The Hall–Kier alpha value is -2.05. The molecular weight excluding hydrogens is 357 g/mol. The first-order valence-corrected chi connectivity index (χ1v) is 9.43. The van der Waals surface area contributed by atoms with E-state index in [0.29, 0.717) is 45.4 Å². The number of amides is 2. The smallest absolute Gasteiger partial charge is 0.342 e. The standard InChI is InChI=1S/C20H25F3N2O2/c21-20(22,23)14-18(27)24-11-8-19(9-12-24)13-17(26)25(15-19)10-4-7-16-5-2-1-3-6-16/h1-3,5-6H,4,7-15H2. The van der Waals surface area contributed by atoms with Crippen LogP contribution in [0.5, 0.6) is 0 Å². The number of aryl methyl sites for hydroxylation is 1. The molecule has 1 spiro atoms. The van der Waals surface area contributed by atoms with Gasteiger partial charge in [0, 0.05) is 38.0 Å². The van der Waals surface area contributed by atoms with Crippen molar-refractivity contribution in [2.75, 3.05) is 26.2 Å². The molecule has 1 aromatic rings. The topological polar surface area (TPSA) is 40.6 Å². The zero-order valence-electron chi connectivity index (χ0n) is 15.3. The molecule has 2 heterocycles. The fraction of sp³-hybridized carbons (Fsp3) is 0.600. The number of piperidine rings is 1. The summed E-state index contributed by atoms with van der Waals surface area (Å²) in [5, 5.41) is 0. The van der Waals surface area contributed by atoms with Crippen molar-refractivity contribution in [1.29, 1.82) is 0 Å². The van der Waals surface area contributed by atoms with Gasteiger partial charge >= 0.3 is 6.18 Å².